The van der Waals surface area contributed by atoms with E-state index in [0.717, 1.165) is 23.7 Å². The first-order valence-electron chi connectivity index (χ1n) is 14.0. The van der Waals surface area contributed by atoms with Crippen LogP contribution in [0.4, 0.5) is 0 Å². The fourth-order valence-corrected chi connectivity index (χ4v) is 5.96. The van der Waals surface area contributed by atoms with Crippen LogP contribution in [-0.2, 0) is 0 Å². The van der Waals surface area contributed by atoms with Crippen molar-refractivity contribution < 1.29 is 0 Å². The van der Waals surface area contributed by atoms with Crippen molar-refractivity contribution in [3.8, 4) is 0 Å². The molecule has 0 N–H and O–H groups in total. The lowest BCUT2D eigenvalue weighted by atomic mass is 9.63. The van der Waals surface area contributed by atoms with Gasteiger partial charge in [0.2, 0.25) is 0 Å². The molecule has 1 unspecified atom stereocenters. The summed E-state index contributed by atoms with van der Waals surface area (Å²) in [6, 6.07) is 0. The molecule has 192 valence electrons. The summed E-state index contributed by atoms with van der Waals surface area (Å²) >= 11 is 2.15. The van der Waals surface area contributed by atoms with E-state index in [1.54, 1.807) is 5.57 Å². The van der Waals surface area contributed by atoms with Gasteiger partial charge in [0.15, 0.2) is 0 Å². The summed E-state index contributed by atoms with van der Waals surface area (Å²) in [5.74, 6) is 3.31. The Balaban J connectivity index is 0.00000158. The highest BCUT2D eigenvalue weighted by Gasteiger charge is 2.48. The zero-order valence-electron chi connectivity index (χ0n) is 23.8. The second kappa shape index (κ2) is 18.0. The zero-order valence-corrected chi connectivity index (χ0v) is 25.9. The van der Waals surface area contributed by atoms with Crippen molar-refractivity contribution in [2.24, 2.45) is 29.1 Å². The van der Waals surface area contributed by atoms with E-state index >= 15 is 0 Å². The van der Waals surface area contributed by atoms with Gasteiger partial charge in [0.05, 0.1) is 0 Å². The Morgan fingerprint density at radius 1 is 1.00 bits per heavy atom. The van der Waals surface area contributed by atoms with Gasteiger partial charge in [0, 0.05) is 0 Å². The Bertz CT molecular complexity index is 620. The molecular formula is C32H57I. The summed E-state index contributed by atoms with van der Waals surface area (Å²) in [6.07, 6.45) is 23.1. The minimum Gasteiger partial charge on any atom is -0.0956 e. The van der Waals surface area contributed by atoms with Gasteiger partial charge in [0.1, 0.15) is 0 Å². The van der Waals surface area contributed by atoms with Gasteiger partial charge in [-0.1, -0.05) is 120 Å². The molecule has 0 saturated heterocycles. The lowest BCUT2D eigenvalue weighted by Crippen LogP contribution is -2.33. The molecule has 3 fully saturated rings. The summed E-state index contributed by atoms with van der Waals surface area (Å²) < 4.78 is 0. The molecule has 4 atom stereocenters. The third-order valence-electron chi connectivity index (χ3n) is 7.82. The standard InChI is InChI=1S/C27H42.2C2H6.CH3I/c1-20(2)9-6-7-11-25-16-17-26-23(10-8-18-27(25,26)5)14-15-24-19-21(3)12-13-22(24)4;3*1-2/h6-7,14-15,20-21,25-26H,4,8-13,16-19H2,1-3,5H3;2*1-2H3;1H3/b7-6+,23-14+,24-15+;;;/t21-,25-,26?,27+;;;/m0.../s1. The Morgan fingerprint density at radius 3 is 2.30 bits per heavy atom. The van der Waals surface area contributed by atoms with Gasteiger partial charge in [-0.25, -0.2) is 0 Å². The van der Waals surface area contributed by atoms with Gasteiger partial charge in [0.25, 0.3) is 0 Å². The maximum atomic E-state index is 4.33. The third-order valence-corrected chi connectivity index (χ3v) is 7.82. The van der Waals surface area contributed by atoms with E-state index in [2.05, 4.69) is 81.2 Å². The van der Waals surface area contributed by atoms with Crippen LogP contribution in [0.5, 0.6) is 0 Å². The molecule has 33 heavy (non-hydrogen) atoms. The summed E-state index contributed by atoms with van der Waals surface area (Å²) in [6.45, 7) is 22.0. The van der Waals surface area contributed by atoms with E-state index in [9.17, 15) is 0 Å². The Morgan fingerprint density at radius 2 is 1.67 bits per heavy atom. The molecule has 1 heteroatoms. The second-order valence-electron chi connectivity index (χ2n) is 10.4. The molecule has 0 heterocycles. The highest BCUT2D eigenvalue weighted by atomic mass is 127. The van der Waals surface area contributed by atoms with Gasteiger partial charge in [-0.05, 0) is 104 Å². The molecule has 3 saturated carbocycles. The van der Waals surface area contributed by atoms with Gasteiger partial charge in [-0.3, -0.25) is 0 Å². The molecule has 3 aliphatic carbocycles. The number of alkyl halides is 1. The lowest BCUT2D eigenvalue weighted by Gasteiger charge is -2.42. The number of hydrogen-bond acceptors (Lipinski definition) is 0. The Kier molecular flexibility index (Phi) is 17.9. The number of allylic oxidation sites excluding steroid dienone is 7. The van der Waals surface area contributed by atoms with Crippen LogP contribution >= 0.6 is 22.6 Å². The van der Waals surface area contributed by atoms with E-state index in [-0.39, 0.29) is 0 Å². The third kappa shape index (κ3) is 10.1. The van der Waals surface area contributed by atoms with Gasteiger partial charge in [-0.15, -0.1) is 0 Å². The maximum Gasteiger partial charge on any atom is -0.0121 e. The average molecular weight is 569 g/mol. The minimum absolute atomic E-state index is 0.529. The topological polar surface area (TPSA) is 0 Å². The van der Waals surface area contributed by atoms with Crippen LogP contribution in [-0.4, -0.2) is 4.93 Å². The van der Waals surface area contributed by atoms with Crippen LogP contribution in [0.1, 0.15) is 120 Å². The van der Waals surface area contributed by atoms with E-state index in [1.165, 1.54) is 75.4 Å². The molecule has 0 bridgehead atoms. The maximum absolute atomic E-state index is 4.33. The van der Waals surface area contributed by atoms with Crippen molar-refractivity contribution in [1.29, 1.82) is 0 Å². The molecular weight excluding hydrogens is 511 g/mol. The van der Waals surface area contributed by atoms with Crippen LogP contribution in [0.2, 0.25) is 0 Å². The van der Waals surface area contributed by atoms with E-state index in [0.29, 0.717) is 5.41 Å². The molecule has 0 nitrogen and oxygen atoms in total. The number of fused-ring (bicyclic) bond motifs is 1. The monoisotopic (exact) mass is 568 g/mol. The molecule has 3 rings (SSSR count). The van der Waals surface area contributed by atoms with Crippen LogP contribution < -0.4 is 0 Å². The molecule has 0 amide bonds. The number of halogens is 1. The van der Waals surface area contributed by atoms with E-state index in [1.807, 2.05) is 32.6 Å². The first kappa shape index (κ1) is 32.7. The predicted octanol–water partition coefficient (Wildman–Crippen LogP) is 11.5. The smallest absolute Gasteiger partial charge is 0.0121 e. The number of rotatable bonds is 5. The summed E-state index contributed by atoms with van der Waals surface area (Å²) in [7, 11) is 0. The summed E-state index contributed by atoms with van der Waals surface area (Å²) in [5, 5.41) is 0. The normalized spacial score (nSPS) is 31.4. The van der Waals surface area contributed by atoms with Crippen LogP contribution in [0.15, 0.2) is 47.6 Å². The Labute approximate surface area is 223 Å². The molecule has 0 aromatic rings. The lowest BCUT2D eigenvalue weighted by molar-refractivity contribution is 0.137. The van der Waals surface area contributed by atoms with Crippen molar-refractivity contribution in [2.45, 2.75) is 120 Å². The van der Waals surface area contributed by atoms with Crippen molar-refractivity contribution in [3.63, 3.8) is 0 Å². The highest BCUT2D eigenvalue weighted by Crippen LogP contribution is 2.58. The molecule has 0 aromatic carbocycles. The fraction of sp³-hybridized carbons (Fsp3) is 0.750. The SMILES string of the molecule is C=C1CC[C@H](C)C/C1=C\C=C1/CCC[C@@]2(C)C1CC[C@@H]2C/C=C/CC(C)C.CC.CC.CI. The van der Waals surface area contributed by atoms with E-state index in [4.69, 9.17) is 0 Å². The summed E-state index contributed by atoms with van der Waals surface area (Å²) in [4.78, 5) is 1.97. The van der Waals surface area contributed by atoms with Gasteiger partial charge in [-0.2, -0.15) is 0 Å². The quantitative estimate of drug-likeness (QED) is 0.176. The van der Waals surface area contributed by atoms with Crippen molar-refractivity contribution >= 4 is 22.6 Å². The first-order chi connectivity index (χ1) is 15.9. The van der Waals surface area contributed by atoms with Crippen LogP contribution in [0.25, 0.3) is 0 Å². The van der Waals surface area contributed by atoms with Gasteiger partial charge < -0.3 is 0 Å². The summed E-state index contributed by atoms with van der Waals surface area (Å²) in [5.41, 5.74) is 5.19. The molecule has 3 aliphatic rings. The first-order valence-corrected chi connectivity index (χ1v) is 16.2. The van der Waals surface area contributed by atoms with Gasteiger partial charge >= 0.3 is 0 Å². The Hall–Kier alpha value is -0.310. The molecule has 0 aliphatic heterocycles. The molecule has 0 radical (unpaired) electrons. The zero-order chi connectivity index (χ0) is 25.4. The number of hydrogen-bond donors (Lipinski definition) is 0. The average Bonchev–Trinajstić information content (AvgIpc) is 3.17. The van der Waals surface area contributed by atoms with Crippen molar-refractivity contribution in [3.05, 3.63) is 47.6 Å². The molecule has 0 aromatic heterocycles. The van der Waals surface area contributed by atoms with Crippen LogP contribution in [0.3, 0.4) is 0 Å². The minimum atomic E-state index is 0.529. The predicted molar refractivity (Wildman–Crippen MR) is 162 cm³/mol. The highest BCUT2D eigenvalue weighted by molar-refractivity contribution is 14.1. The van der Waals surface area contributed by atoms with Crippen molar-refractivity contribution in [2.75, 3.05) is 4.93 Å². The molecule has 0 spiro atoms. The van der Waals surface area contributed by atoms with Crippen LogP contribution in [0, 0.1) is 29.1 Å². The largest absolute Gasteiger partial charge is 0.0956 e. The van der Waals surface area contributed by atoms with E-state index < -0.39 is 0 Å². The second-order valence-corrected chi connectivity index (χ2v) is 10.4. The fourth-order valence-electron chi connectivity index (χ4n) is 5.96. The van der Waals surface area contributed by atoms with Crippen molar-refractivity contribution in [1.82, 2.24) is 0 Å².